The Balaban J connectivity index is 2.27. The summed E-state index contributed by atoms with van der Waals surface area (Å²) in [5.41, 5.74) is 0. The minimum atomic E-state index is -3.43. The molecule has 2 rings (SSSR count). The van der Waals surface area contributed by atoms with Crippen molar-refractivity contribution < 1.29 is 8.42 Å². The fourth-order valence-electron chi connectivity index (χ4n) is 2.22. The highest BCUT2D eigenvalue weighted by Gasteiger charge is 2.31. The molecule has 1 N–H and O–H groups in total. The third-order valence-corrected chi connectivity index (χ3v) is 4.99. The molecular formula is C10H18N4O2S. The van der Waals surface area contributed by atoms with Crippen LogP contribution in [0.5, 0.6) is 0 Å². The van der Waals surface area contributed by atoms with Gasteiger partial charge in [0.05, 0.1) is 6.20 Å². The summed E-state index contributed by atoms with van der Waals surface area (Å²) in [5.74, 6) is 0. The number of H-pyrrole nitrogens is 1. The van der Waals surface area contributed by atoms with Gasteiger partial charge in [-0.15, -0.1) is 0 Å². The molecule has 0 aliphatic carbocycles. The minimum absolute atomic E-state index is 0.0178. The van der Waals surface area contributed by atoms with Gasteiger partial charge in [0.2, 0.25) is 0 Å². The van der Waals surface area contributed by atoms with E-state index in [1.54, 1.807) is 4.31 Å². The summed E-state index contributed by atoms with van der Waals surface area (Å²) in [4.78, 5) is 2.16. The van der Waals surface area contributed by atoms with Crippen LogP contribution >= 0.6 is 0 Å². The van der Waals surface area contributed by atoms with E-state index in [1.165, 1.54) is 12.3 Å². The maximum atomic E-state index is 12.4. The summed E-state index contributed by atoms with van der Waals surface area (Å²) in [6.45, 7) is 4.19. The Kier molecular flexibility index (Phi) is 3.50. The van der Waals surface area contributed by atoms with Crippen LogP contribution in [-0.4, -0.2) is 60.5 Å². The molecule has 1 fully saturated rings. The van der Waals surface area contributed by atoms with Crippen LogP contribution in [0, 0.1) is 0 Å². The molecule has 2 heterocycles. The number of rotatable bonds is 2. The summed E-state index contributed by atoms with van der Waals surface area (Å²) in [7, 11) is -1.41. The van der Waals surface area contributed by atoms with Crippen molar-refractivity contribution in [3.63, 3.8) is 0 Å². The van der Waals surface area contributed by atoms with E-state index in [9.17, 15) is 8.42 Å². The van der Waals surface area contributed by atoms with Gasteiger partial charge in [-0.25, -0.2) is 8.42 Å². The molecule has 1 aromatic heterocycles. The Bertz CT molecular complexity index is 457. The number of sulfonamides is 1. The summed E-state index contributed by atoms with van der Waals surface area (Å²) in [5, 5.41) is 6.41. The highest BCUT2D eigenvalue weighted by molar-refractivity contribution is 7.89. The maximum absolute atomic E-state index is 12.4. The second-order valence-electron chi connectivity index (χ2n) is 4.50. The smallest absolute Gasteiger partial charge is 0.260 e. The summed E-state index contributed by atoms with van der Waals surface area (Å²) < 4.78 is 26.3. The summed E-state index contributed by atoms with van der Waals surface area (Å²) >= 11 is 0. The molecule has 1 atom stereocenters. The number of aromatic amines is 1. The fourth-order valence-corrected chi connectivity index (χ4v) is 3.78. The average Bonchev–Trinajstić information content (AvgIpc) is 2.72. The van der Waals surface area contributed by atoms with Gasteiger partial charge in [-0.1, -0.05) is 0 Å². The van der Waals surface area contributed by atoms with Gasteiger partial charge in [-0.3, -0.25) is 5.10 Å². The molecule has 96 valence electrons. The molecule has 0 saturated carbocycles. The Hall–Kier alpha value is -0.920. The van der Waals surface area contributed by atoms with E-state index in [-0.39, 0.29) is 11.1 Å². The molecule has 1 aromatic rings. The van der Waals surface area contributed by atoms with Crippen LogP contribution in [-0.2, 0) is 10.0 Å². The topological polar surface area (TPSA) is 69.3 Å². The van der Waals surface area contributed by atoms with Gasteiger partial charge >= 0.3 is 0 Å². The predicted molar refractivity (Wildman–Crippen MR) is 64.1 cm³/mol. The monoisotopic (exact) mass is 258 g/mol. The number of nitrogens with zero attached hydrogens (tertiary/aromatic N) is 3. The third kappa shape index (κ3) is 2.51. The van der Waals surface area contributed by atoms with Gasteiger partial charge in [-0.05, 0) is 33.0 Å². The van der Waals surface area contributed by atoms with E-state index in [4.69, 9.17) is 0 Å². The molecule has 7 heteroatoms. The predicted octanol–water partition coefficient (Wildman–Crippen LogP) is 0.124. The van der Waals surface area contributed by atoms with E-state index >= 15 is 0 Å². The quantitative estimate of drug-likeness (QED) is 0.818. The number of likely N-dealkylation sites (N-methyl/N-ethyl adjacent to an activating group) is 1. The Labute approximate surface area is 102 Å². The molecule has 1 aliphatic rings. The summed E-state index contributed by atoms with van der Waals surface area (Å²) in [6, 6.07) is 1.48. The van der Waals surface area contributed by atoms with Crippen LogP contribution in [0.15, 0.2) is 17.3 Å². The third-order valence-electron chi connectivity index (χ3n) is 3.05. The zero-order chi connectivity index (χ0) is 12.5. The highest BCUT2D eigenvalue weighted by Crippen LogP contribution is 2.18. The second kappa shape index (κ2) is 4.75. The Morgan fingerprint density at radius 3 is 2.88 bits per heavy atom. The second-order valence-corrected chi connectivity index (χ2v) is 6.36. The van der Waals surface area contributed by atoms with Crippen molar-refractivity contribution in [3.05, 3.63) is 12.3 Å². The van der Waals surface area contributed by atoms with Crippen LogP contribution in [0.25, 0.3) is 0 Å². The molecule has 6 nitrogen and oxygen atoms in total. The molecule has 0 radical (unpaired) electrons. The first-order chi connectivity index (χ1) is 8.01. The fraction of sp³-hybridized carbons (Fsp3) is 0.700. The van der Waals surface area contributed by atoms with E-state index < -0.39 is 10.0 Å². The van der Waals surface area contributed by atoms with Crippen LogP contribution in [0.3, 0.4) is 0 Å². The molecule has 1 aliphatic heterocycles. The van der Waals surface area contributed by atoms with E-state index in [0.29, 0.717) is 6.54 Å². The lowest BCUT2D eigenvalue weighted by Gasteiger charge is -2.26. The number of hydrogen-bond donors (Lipinski definition) is 1. The molecule has 17 heavy (non-hydrogen) atoms. The number of hydrogen-bond acceptors (Lipinski definition) is 4. The van der Waals surface area contributed by atoms with E-state index in [1.807, 2.05) is 14.0 Å². The van der Waals surface area contributed by atoms with Crippen molar-refractivity contribution >= 4 is 10.0 Å². The SMILES string of the molecule is CC1CN(C)CCCN1S(=O)(=O)c1ccn[nH]1. The summed E-state index contributed by atoms with van der Waals surface area (Å²) in [6.07, 6.45) is 2.32. The lowest BCUT2D eigenvalue weighted by Crippen LogP contribution is -2.42. The minimum Gasteiger partial charge on any atom is -0.305 e. The number of nitrogens with one attached hydrogen (secondary N) is 1. The highest BCUT2D eigenvalue weighted by atomic mass is 32.2. The van der Waals surface area contributed by atoms with Gasteiger partial charge < -0.3 is 4.90 Å². The molecule has 1 unspecified atom stereocenters. The van der Waals surface area contributed by atoms with Gasteiger partial charge in [0, 0.05) is 19.1 Å². The van der Waals surface area contributed by atoms with Crippen LogP contribution in [0.1, 0.15) is 13.3 Å². The molecule has 0 amide bonds. The lowest BCUT2D eigenvalue weighted by atomic mass is 10.3. The Morgan fingerprint density at radius 2 is 2.24 bits per heavy atom. The van der Waals surface area contributed by atoms with Gasteiger partial charge in [0.1, 0.15) is 0 Å². The van der Waals surface area contributed by atoms with Gasteiger partial charge in [-0.2, -0.15) is 9.40 Å². The zero-order valence-electron chi connectivity index (χ0n) is 10.1. The van der Waals surface area contributed by atoms with Crippen LogP contribution < -0.4 is 0 Å². The maximum Gasteiger partial charge on any atom is 0.260 e. The standard InChI is InChI=1S/C10H18N4O2S/c1-9-8-13(2)6-3-7-14(9)17(15,16)10-4-5-11-12-10/h4-5,9H,3,6-8H2,1-2H3,(H,11,12). The molecule has 0 bridgehead atoms. The van der Waals surface area contributed by atoms with Crippen molar-refractivity contribution in [2.24, 2.45) is 0 Å². The van der Waals surface area contributed by atoms with Crippen LogP contribution in [0.2, 0.25) is 0 Å². The van der Waals surface area contributed by atoms with E-state index in [0.717, 1.165) is 19.5 Å². The van der Waals surface area contributed by atoms with Crippen molar-refractivity contribution in [1.29, 1.82) is 0 Å². The molecule has 0 spiro atoms. The van der Waals surface area contributed by atoms with Gasteiger partial charge in [0.25, 0.3) is 10.0 Å². The zero-order valence-corrected chi connectivity index (χ0v) is 10.9. The van der Waals surface area contributed by atoms with Gasteiger partial charge in [0.15, 0.2) is 5.03 Å². The Morgan fingerprint density at radius 1 is 1.47 bits per heavy atom. The molecular weight excluding hydrogens is 240 g/mol. The van der Waals surface area contributed by atoms with Crippen molar-refractivity contribution in [2.75, 3.05) is 26.7 Å². The lowest BCUT2D eigenvalue weighted by molar-refractivity contribution is 0.290. The van der Waals surface area contributed by atoms with Crippen molar-refractivity contribution in [3.8, 4) is 0 Å². The first-order valence-corrected chi connectivity index (χ1v) is 7.15. The normalized spacial score (nSPS) is 24.7. The molecule has 0 aromatic carbocycles. The largest absolute Gasteiger partial charge is 0.305 e. The average molecular weight is 258 g/mol. The molecule has 1 saturated heterocycles. The van der Waals surface area contributed by atoms with E-state index in [2.05, 4.69) is 15.1 Å². The van der Waals surface area contributed by atoms with Crippen molar-refractivity contribution in [2.45, 2.75) is 24.4 Å². The number of aromatic nitrogens is 2. The first kappa shape index (κ1) is 12.5. The van der Waals surface area contributed by atoms with Crippen LogP contribution in [0.4, 0.5) is 0 Å². The van der Waals surface area contributed by atoms with Crippen molar-refractivity contribution in [1.82, 2.24) is 19.4 Å². The first-order valence-electron chi connectivity index (χ1n) is 5.71.